The van der Waals surface area contributed by atoms with Gasteiger partial charge in [-0.05, 0) is 12.0 Å². The predicted molar refractivity (Wildman–Crippen MR) is 110 cm³/mol. The Bertz CT molecular complexity index is 1090. The highest BCUT2D eigenvalue weighted by molar-refractivity contribution is 7.99. The summed E-state index contributed by atoms with van der Waals surface area (Å²) in [5.41, 5.74) is 1.48. The van der Waals surface area contributed by atoms with Gasteiger partial charge >= 0.3 is 6.03 Å². The summed E-state index contributed by atoms with van der Waals surface area (Å²) >= 11 is 2.74. The number of carbonyl (C=O) groups excluding carboxylic acids is 2. The molecule has 0 bridgehead atoms. The van der Waals surface area contributed by atoms with Gasteiger partial charge in [0, 0.05) is 23.2 Å². The number of nitrogens with zero attached hydrogens (tertiary/aromatic N) is 3. The number of nitrogens with two attached hydrogens (primary N) is 1. The van der Waals surface area contributed by atoms with Crippen molar-refractivity contribution in [3.8, 4) is 11.1 Å². The zero-order valence-corrected chi connectivity index (χ0v) is 16.4. The average molecular weight is 416 g/mol. The fourth-order valence-electron chi connectivity index (χ4n) is 2.98. The first-order valence-electron chi connectivity index (χ1n) is 8.62. The molecule has 0 atom stereocenters. The predicted octanol–water partition coefficient (Wildman–Crippen LogP) is 1.87. The molecule has 1 saturated heterocycles. The van der Waals surface area contributed by atoms with Gasteiger partial charge in [-0.15, -0.1) is 11.3 Å². The van der Waals surface area contributed by atoms with Gasteiger partial charge in [-0.1, -0.05) is 42.1 Å². The number of nitrogens with one attached hydrogen (secondary N) is 1. The summed E-state index contributed by atoms with van der Waals surface area (Å²) in [6, 6.07) is 9.29. The summed E-state index contributed by atoms with van der Waals surface area (Å²) in [7, 11) is 0. The van der Waals surface area contributed by atoms with Crippen LogP contribution in [0.1, 0.15) is 6.42 Å². The molecule has 3 aromatic rings. The number of thiophene rings is 1. The molecule has 28 heavy (non-hydrogen) atoms. The molecule has 3 heterocycles. The molecule has 0 unspecified atom stereocenters. The van der Waals surface area contributed by atoms with Gasteiger partial charge in [0.2, 0.25) is 5.91 Å². The summed E-state index contributed by atoms with van der Waals surface area (Å²) in [4.78, 5) is 42.3. The van der Waals surface area contributed by atoms with E-state index in [1.54, 1.807) is 0 Å². The van der Waals surface area contributed by atoms with Crippen LogP contribution in [0.3, 0.4) is 0 Å². The van der Waals surface area contributed by atoms with Gasteiger partial charge in [0.05, 0.1) is 11.9 Å². The fourth-order valence-corrected chi connectivity index (χ4v) is 4.81. The van der Waals surface area contributed by atoms with E-state index in [0.717, 1.165) is 15.8 Å². The molecule has 3 N–H and O–H groups in total. The van der Waals surface area contributed by atoms with E-state index in [0.29, 0.717) is 34.1 Å². The maximum Gasteiger partial charge on any atom is 0.324 e. The van der Waals surface area contributed by atoms with Crippen molar-refractivity contribution in [2.45, 2.75) is 11.6 Å². The van der Waals surface area contributed by atoms with Crippen LogP contribution in [0.5, 0.6) is 0 Å². The molecule has 0 spiro atoms. The lowest BCUT2D eigenvalue weighted by Crippen LogP contribution is -2.32. The van der Waals surface area contributed by atoms with E-state index >= 15 is 0 Å². The first-order valence-corrected chi connectivity index (χ1v) is 10.5. The van der Waals surface area contributed by atoms with Crippen LogP contribution in [0.4, 0.5) is 4.79 Å². The number of amides is 3. The highest BCUT2D eigenvalue weighted by Gasteiger charge is 2.27. The molecule has 1 aliphatic rings. The Balaban J connectivity index is 1.51. The Hall–Kier alpha value is -2.85. The van der Waals surface area contributed by atoms with Gasteiger partial charge in [0.15, 0.2) is 5.16 Å². The molecule has 1 aliphatic heterocycles. The average Bonchev–Trinajstić information content (AvgIpc) is 3.27. The van der Waals surface area contributed by atoms with Gasteiger partial charge in [0.1, 0.15) is 4.83 Å². The molecule has 4 rings (SSSR count). The third kappa shape index (κ3) is 3.36. The van der Waals surface area contributed by atoms with Crippen LogP contribution in [-0.2, 0) is 4.79 Å². The Morgan fingerprint density at radius 1 is 1.21 bits per heavy atom. The standard InChI is InChI=1S/C18H17N5O3S2/c19-23-16(25)14-12(11-5-2-1-3-6-11)10-28-15(14)21-18(23)27-8-4-7-22-13(24)9-20-17(22)26/h1-3,5-6,10H,4,7-9,19H2,(H,20,26). The molecule has 0 saturated carbocycles. The molecule has 10 heteroatoms. The number of rotatable bonds is 6. The molecule has 2 aromatic heterocycles. The number of carbonyl (C=O) groups is 2. The zero-order chi connectivity index (χ0) is 19.7. The smallest absolute Gasteiger partial charge is 0.324 e. The minimum Gasteiger partial charge on any atom is -0.334 e. The summed E-state index contributed by atoms with van der Waals surface area (Å²) < 4.78 is 1.07. The third-order valence-electron chi connectivity index (χ3n) is 4.39. The van der Waals surface area contributed by atoms with E-state index in [1.807, 2.05) is 35.7 Å². The van der Waals surface area contributed by atoms with Crippen LogP contribution in [0.25, 0.3) is 21.3 Å². The molecule has 0 aliphatic carbocycles. The Kier molecular flexibility index (Phi) is 5.05. The minimum absolute atomic E-state index is 0.0503. The molecule has 1 aromatic carbocycles. The van der Waals surface area contributed by atoms with Crippen LogP contribution in [0.15, 0.2) is 45.7 Å². The van der Waals surface area contributed by atoms with Crippen LogP contribution >= 0.6 is 23.1 Å². The number of fused-ring (bicyclic) bond motifs is 1. The summed E-state index contributed by atoms with van der Waals surface area (Å²) in [6.07, 6.45) is 0.581. The van der Waals surface area contributed by atoms with Gasteiger partial charge in [-0.3, -0.25) is 14.5 Å². The van der Waals surface area contributed by atoms with Crippen molar-refractivity contribution in [3.05, 3.63) is 46.1 Å². The largest absolute Gasteiger partial charge is 0.334 e. The lowest BCUT2D eigenvalue weighted by Gasteiger charge is -2.12. The number of hydrogen-bond donors (Lipinski definition) is 2. The number of hydrogen-bond acceptors (Lipinski definition) is 7. The highest BCUT2D eigenvalue weighted by atomic mass is 32.2. The topological polar surface area (TPSA) is 110 Å². The minimum atomic E-state index is -0.364. The van der Waals surface area contributed by atoms with Crippen molar-refractivity contribution in [1.29, 1.82) is 0 Å². The first kappa shape index (κ1) is 18.5. The van der Waals surface area contributed by atoms with Crippen LogP contribution in [0, 0.1) is 0 Å². The van der Waals surface area contributed by atoms with Crippen molar-refractivity contribution in [2.24, 2.45) is 0 Å². The van der Waals surface area contributed by atoms with Crippen molar-refractivity contribution in [1.82, 2.24) is 19.9 Å². The molecule has 3 amide bonds. The summed E-state index contributed by atoms with van der Waals surface area (Å²) in [5, 5.41) is 5.33. The number of thioether (sulfide) groups is 1. The normalized spacial score (nSPS) is 14.1. The van der Waals surface area contributed by atoms with Crippen molar-refractivity contribution in [3.63, 3.8) is 0 Å². The summed E-state index contributed by atoms with van der Waals surface area (Å²) in [6.45, 7) is 0.376. The lowest BCUT2D eigenvalue weighted by molar-refractivity contribution is -0.124. The SMILES string of the molecule is Nn1c(SCCCN2C(=O)CNC2=O)nc2scc(-c3ccccc3)c2c1=O. The maximum absolute atomic E-state index is 12.8. The second-order valence-corrected chi connectivity index (χ2v) is 8.09. The second kappa shape index (κ2) is 7.64. The molecule has 8 nitrogen and oxygen atoms in total. The van der Waals surface area contributed by atoms with Crippen LogP contribution in [0.2, 0.25) is 0 Å². The Morgan fingerprint density at radius 2 is 2.00 bits per heavy atom. The van der Waals surface area contributed by atoms with Crippen LogP contribution < -0.4 is 16.7 Å². The molecule has 1 fully saturated rings. The molecule has 0 radical (unpaired) electrons. The highest BCUT2D eigenvalue weighted by Crippen LogP contribution is 2.31. The van der Waals surface area contributed by atoms with E-state index in [1.165, 1.54) is 28.0 Å². The molecular weight excluding hydrogens is 398 g/mol. The van der Waals surface area contributed by atoms with Gasteiger partial charge in [-0.2, -0.15) is 0 Å². The van der Waals surface area contributed by atoms with Gasteiger partial charge < -0.3 is 11.2 Å². The van der Waals surface area contributed by atoms with E-state index in [2.05, 4.69) is 10.3 Å². The number of aromatic nitrogens is 2. The molecule has 144 valence electrons. The first-order chi connectivity index (χ1) is 13.6. The fraction of sp³-hybridized carbons (Fsp3) is 0.222. The number of imide groups is 1. The second-order valence-electron chi connectivity index (χ2n) is 6.17. The van der Waals surface area contributed by atoms with E-state index in [-0.39, 0.29) is 24.0 Å². The molecular formula is C18H17N5O3S2. The quantitative estimate of drug-likeness (QED) is 0.209. The Morgan fingerprint density at radius 3 is 2.71 bits per heavy atom. The van der Waals surface area contributed by atoms with E-state index in [9.17, 15) is 14.4 Å². The lowest BCUT2D eigenvalue weighted by atomic mass is 10.1. The van der Waals surface area contributed by atoms with Crippen molar-refractivity contribution < 1.29 is 9.59 Å². The monoisotopic (exact) mass is 415 g/mol. The number of benzene rings is 1. The maximum atomic E-state index is 12.8. The van der Waals surface area contributed by atoms with E-state index in [4.69, 9.17) is 5.84 Å². The number of nitrogen functional groups attached to an aromatic ring is 1. The Labute approximate surface area is 168 Å². The van der Waals surface area contributed by atoms with Crippen molar-refractivity contribution in [2.75, 3.05) is 24.7 Å². The third-order valence-corrected chi connectivity index (χ3v) is 6.30. The van der Waals surface area contributed by atoms with Crippen LogP contribution in [-0.4, -0.2) is 45.3 Å². The van der Waals surface area contributed by atoms with Gasteiger partial charge in [0.25, 0.3) is 5.56 Å². The zero-order valence-electron chi connectivity index (χ0n) is 14.8. The van der Waals surface area contributed by atoms with Gasteiger partial charge in [-0.25, -0.2) is 14.5 Å². The number of urea groups is 1. The van der Waals surface area contributed by atoms with E-state index < -0.39 is 0 Å². The van der Waals surface area contributed by atoms with Crippen molar-refractivity contribution >= 4 is 45.3 Å². The summed E-state index contributed by atoms with van der Waals surface area (Å²) in [5.74, 6) is 6.35.